The third-order valence-corrected chi connectivity index (χ3v) is 6.24. The van der Waals surface area contributed by atoms with Gasteiger partial charge in [-0.05, 0) is 82.7 Å². The van der Waals surface area contributed by atoms with E-state index in [1.54, 1.807) is 24.3 Å². The molecule has 3 N–H and O–H groups in total. The van der Waals surface area contributed by atoms with Crippen molar-refractivity contribution in [2.45, 2.75) is 70.5 Å². The second-order valence-corrected chi connectivity index (χ2v) is 8.25. The quantitative estimate of drug-likeness (QED) is 0.786. The average molecular weight is 388 g/mol. The number of piperidine rings is 1. The SMILES string of the molecule is CC1CCCC(C)N1C(=O)COc1ccc(C(=O)NC2CCCC2CN)cc1. The fraction of sp³-hybridized carbons (Fsp3) is 0.636. The maximum atomic E-state index is 12.5. The van der Waals surface area contributed by atoms with Crippen molar-refractivity contribution in [2.24, 2.45) is 11.7 Å². The normalized spacial score (nSPS) is 27.5. The molecule has 1 saturated carbocycles. The Kier molecular flexibility index (Phi) is 6.94. The van der Waals surface area contributed by atoms with Crippen LogP contribution in [0.2, 0.25) is 0 Å². The van der Waals surface area contributed by atoms with Crippen LogP contribution in [-0.4, -0.2) is 48.0 Å². The summed E-state index contributed by atoms with van der Waals surface area (Å²) in [4.78, 5) is 27.0. The van der Waals surface area contributed by atoms with E-state index < -0.39 is 0 Å². The summed E-state index contributed by atoms with van der Waals surface area (Å²) in [5.41, 5.74) is 6.39. The smallest absolute Gasteiger partial charge is 0.260 e. The number of rotatable bonds is 6. The molecule has 3 rings (SSSR count). The van der Waals surface area contributed by atoms with Crippen molar-refractivity contribution < 1.29 is 14.3 Å². The van der Waals surface area contributed by atoms with E-state index in [9.17, 15) is 9.59 Å². The first kappa shape index (κ1) is 20.6. The van der Waals surface area contributed by atoms with Gasteiger partial charge in [0, 0.05) is 23.7 Å². The highest BCUT2D eigenvalue weighted by atomic mass is 16.5. The Morgan fingerprint density at radius 2 is 1.71 bits per heavy atom. The maximum absolute atomic E-state index is 12.5. The van der Waals surface area contributed by atoms with Gasteiger partial charge in [-0.1, -0.05) is 6.42 Å². The number of nitrogens with one attached hydrogen (secondary N) is 1. The van der Waals surface area contributed by atoms with Crippen molar-refractivity contribution in [1.29, 1.82) is 0 Å². The van der Waals surface area contributed by atoms with E-state index in [2.05, 4.69) is 19.2 Å². The molecule has 6 heteroatoms. The Hall–Kier alpha value is -2.08. The number of likely N-dealkylation sites (tertiary alicyclic amines) is 1. The summed E-state index contributed by atoms with van der Waals surface area (Å²) in [6.07, 6.45) is 6.45. The average Bonchev–Trinajstić information content (AvgIpc) is 3.13. The number of carbonyl (C=O) groups is 2. The van der Waals surface area contributed by atoms with Gasteiger partial charge in [0.1, 0.15) is 5.75 Å². The fourth-order valence-corrected chi connectivity index (χ4v) is 4.60. The summed E-state index contributed by atoms with van der Waals surface area (Å²) in [6.45, 7) is 4.83. The Morgan fingerprint density at radius 1 is 1.07 bits per heavy atom. The highest BCUT2D eigenvalue weighted by Crippen LogP contribution is 2.25. The van der Waals surface area contributed by atoms with Gasteiger partial charge in [0.15, 0.2) is 6.61 Å². The van der Waals surface area contributed by atoms with E-state index in [1.807, 2.05) is 4.90 Å². The lowest BCUT2D eigenvalue weighted by Crippen LogP contribution is -2.49. The van der Waals surface area contributed by atoms with Crippen LogP contribution < -0.4 is 15.8 Å². The molecule has 1 aromatic rings. The topological polar surface area (TPSA) is 84.7 Å². The summed E-state index contributed by atoms with van der Waals surface area (Å²) in [5, 5.41) is 3.10. The molecular weight excluding hydrogens is 354 g/mol. The largest absolute Gasteiger partial charge is 0.484 e. The van der Waals surface area contributed by atoms with Crippen molar-refractivity contribution in [3.8, 4) is 5.75 Å². The van der Waals surface area contributed by atoms with E-state index in [0.29, 0.717) is 23.8 Å². The van der Waals surface area contributed by atoms with Crippen molar-refractivity contribution >= 4 is 11.8 Å². The van der Waals surface area contributed by atoms with Gasteiger partial charge in [-0.3, -0.25) is 9.59 Å². The number of carbonyl (C=O) groups excluding carboxylic acids is 2. The molecule has 6 nitrogen and oxygen atoms in total. The monoisotopic (exact) mass is 387 g/mol. The standard InChI is InChI=1S/C22H33N3O3/c1-15-5-3-6-16(2)25(15)21(26)14-28-19-11-9-17(10-12-19)22(27)24-20-8-4-7-18(20)13-23/h9-12,15-16,18,20H,3-8,13-14,23H2,1-2H3,(H,24,27). The van der Waals surface area contributed by atoms with E-state index in [1.165, 1.54) is 6.42 Å². The number of hydrogen-bond acceptors (Lipinski definition) is 4. The van der Waals surface area contributed by atoms with Crippen molar-refractivity contribution in [1.82, 2.24) is 10.2 Å². The molecule has 1 aromatic carbocycles. The molecule has 4 atom stereocenters. The summed E-state index contributed by atoms with van der Waals surface area (Å²) in [7, 11) is 0. The van der Waals surface area contributed by atoms with Gasteiger partial charge in [0.05, 0.1) is 0 Å². The van der Waals surface area contributed by atoms with Crippen molar-refractivity contribution in [3.63, 3.8) is 0 Å². The molecule has 1 aliphatic heterocycles. The lowest BCUT2D eigenvalue weighted by atomic mass is 9.97. The van der Waals surface area contributed by atoms with Crippen LogP contribution in [-0.2, 0) is 4.79 Å². The molecule has 0 radical (unpaired) electrons. The minimum Gasteiger partial charge on any atom is -0.484 e. The first-order valence-corrected chi connectivity index (χ1v) is 10.5. The predicted octanol–water partition coefficient (Wildman–Crippen LogP) is 2.71. The number of ether oxygens (including phenoxy) is 1. The molecule has 4 unspecified atom stereocenters. The predicted molar refractivity (Wildman–Crippen MR) is 109 cm³/mol. The third-order valence-electron chi connectivity index (χ3n) is 6.24. The molecule has 1 aliphatic carbocycles. The number of benzene rings is 1. The minimum atomic E-state index is -0.0797. The molecule has 28 heavy (non-hydrogen) atoms. The Labute approximate surface area is 167 Å². The number of nitrogens with two attached hydrogens (primary N) is 1. The first-order valence-electron chi connectivity index (χ1n) is 10.5. The molecule has 1 heterocycles. The second-order valence-electron chi connectivity index (χ2n) is 8.25. The third kappa shape index (κ3) is 4.85. The molecular formula is C22H33N3O3. The van der Waals surface area contributed by atoms with Crippen molar-refractivity contribution in [2.75, 3.05) is 13.2 Å². The maximum Gasteiger partial charge on any atom is 0.260 e. The van der Waals surface area contributed by atoms with Gasteiger partial charge in [-0.25, -0.2) is 0 Å². The molecule has 0 bridgehead atoms. The molecule has 2 amide bonds. The first-order chi connectivity index (χ1) is 13.5. The molecule has 2 fully saturated rings. The van der Waals surface area contributed by atoms with Crippen LogP contribution in [0.25, 0.3) is 0 Å². The lowest BCUT2D eigenvalue weighted by molar-refractivity contribution is -0.139. The van der Waals surface area contributed by atoms with E-state index in [0.717, 1.165) is 32.1 Å². The minimum absolute atomic E-state index is 0.0237. The highest BCUT2D eigenvalue weighted by molar-refractivity contribution is 5.94. The number of nitrogens with zero attached hydrogens (tertiary/aromatic N) is 1. The van der Waals surface area contributed by atoms with Gasteiger partial charge < -0.3 is 20.7 Å². The van der Waals surface area contributed by atoms with Crippen LogP contribution in [0, 0.1) is 5.92 Å². The zero-order valence-corrected chi connectivity index (χ0v) is 17.0. The summed E-state index contributed by atoms with van der Waals surface area (Å²) >= 11 is 0. The van der Waals surface area contributed by atoms with Crippen LogP contribution in [0.5, 0.6) is 5.75 Å². The van der Waals surface area contributed by atoms with Crippen LogP contribution in [0.15, 0.2) is 24.3 Å². The molecule has 154 valence electrons. The molecule has 1 saturated heterocycles. The summed E-state index contributed by atoms with van der Waals surface area (Å²) < 4.78 is 5.68. The Morgan fingerprint density at radius 3 is 2.36 bits per heavy atom. The fourth-order valence-electron chi connectivity index (χ4n) is 4.60. The van der Waals surface area contributed by atoms with Crippen LogP contribution in [0.4, 0.5) is 0 Å². The molecule has 0 aromatic heterocycles. The van der Waals surface area contributed by atoms with Gasteiger partial charge >= 0.3 is 0 Å². The zero-order chi connectivity index (χ0) is 20.1. The van der Waals surface area contributed by atoms with Gasteiger partial charge in [-0.15, -0.1) is 0 Å². The van der Waals surface area contributed by atoms with E-state index in [-0.39, 0.29) is 36.5 Å². The lowest BCUT2D eigenvalue weighted by Gasteiger charge is -2.38. The highest BCUT2D eigenvalue weighted by Gasteiger charge is 2.29. The second kappa shape index (κ2) is 9.41. The van der Waals surface area contributed by atoms with Crippen LogP contribution >= 0.6 is 0 Å². The number of amides is 2. The van der Waals surface area contributed by atoms with Crippen LogP contribution in [0.3, 0.4) is 0 Å². The summed E-state index contributed by atoms with van der Waals surface area (Å²) in [6, 6.07) is 7.68. The molecule has 0 spiro atoms. The molecule has 2 aliphatic rings. The van der Waals surface area contributed by atoms with Crippen molar-refractivity contribution in [3.05, 3.63) is 29.8 Å². The van der Waals surface area contributed by atoms with Gasteiger partial charge in [0.25, 0.3) is 11.8 Å². The number of hydrogen-bond donors (Lipinski definition) is 2. The van der Waals surface area contributed by atoms with Gasteiger partial charge in [0.2, 0.25) is 0 Å². The Balaban J connectivity index is 1.51. The Bertz CT molecular complexity index is 666. The van der Waals surface area contributed by atoms with Gasteiger partial charge in [-0.2, -0.15) is 0 Å². The van der Waals surface area contributed by atoms with E-state index in [4.69, 9.17) is 10.5 Å². The van der Waals surface area contributed by atoms with Crippen LogP contribution in [0.1, 0.15) is 62.7 Å². The van der Waals surface area contributed by atoms with E-state index >= 15 is 0 Å². The summed E-state index contributed by atoms with van der Waals surface area (Å²) in [5.74, 6) is 0.916. The zero-order valence-electron chi connectivity index (χ0n) is 17.0.